The number of nitrogens with zero attached hydrogens (tertiary/aromatic N) is 3. The first-order valence-corrected chi connectivity index (χ1v) is 11.8. The molecule has 2 amide bonds. The van der Waals surface area contributed by atoms with E-state index in [0.717, 1.165) is 0 Å². The minimum absolute atomic E-state index is 0.0546. The van der Waals surface area contributed by atoms with Crippen molar-refractivity contribution in [1.82, 2.24) is 20.0 Å². The molecule has 1 aromatic rings. The zero-order chi connectivity index (χ0) is 24.2. The van der Waals surface area contributed by atoms with Crippen LogP contribution in [0.5, 0.6) is 0 Å². The lowest BCUT2D eigenvalue weighted by Gasteiger charge is -2.30. The molecule has 1 aromatic heterocycles. The van der Waals surface area contributed by atoms with Crippen LogP contribution in [0.2, 0.25) is 0 Å². The van der Waals surface area contributed by atoms with Gasteiger partial charge in [0.15, 0.2) is 0 Å². The summed E-state index contributed by atoms with van der Waals surface area (Å²) in [6.07, 6.45) is 9.47. The Labute approximate surface area is 193 Å². The van der Waals surface area contributed by atoms with Crippen molar-refractivity contribution in [3.05, 3.63) is 58.6 Å². The number of hydrogen-bond acceptors (Lipinski definition) is 5. The summed E-state index contributed by atoms with van der Waals surface area (Å²) in [5, 5.41) is 11.7. The second-order valence-electron chi connectivity index (χ2n) is 7.74. The van der Waals surface area contributed by atoms with E-state index in [9.17, 15) is 18.0 Å². The number of sulfonamides is 1. The van der Waals surface area contributed by atoms with Gasteiger partial charge in [-0.05, 0) is 37.6 Å². The first-order chi connectivity index (χ1) is 14.9. The van der Waals surface area contributed by atoms with Gasteiger partial charge in [-0.1, -0.05) is 24.6 Å². The molecule has 2 rings (SSSR count). The highest BCUT2D eigenvalue weighted by Crippen LogP contribution is 2.31. The Balaban J connectivity index is 2.36. The van der Waals surface area contributed by atoms with E-state index in [0.29, 0.717) is 21.9 Å². The lowest BCUT2D eigenvalue weighted by atomic mass is 9.95. The molecule has 0 radical (unpaired) electrons. The monoisotopic (exact) mass is 481 g/mol. The third-order valence-corrected chi connectivity index (χ3v) is 6.76. The Morgan fingerprint density at radius 2 is 2.00 bits per heavy atom. The fourth-order valence-electron chi connectivity index (χ4n) is 3.31. The number of hydrogen-bond donors (Lipinski definition) is 2. The SMILES string of the molecule is C/C=C\C(Cl)=C(/C)CC(=O)NC1=CC=C(n2cc(C(=O)N(C)C)cn2)C(S(N)(=O)=O)C1C. The maximum absolute atomic E-state index is 12.5. The molecule has 32 heavy (non-hydrogen) atoms. The molecule has 0 spiro atoms. The second kappa shape index (κ2) is 10.3. The van der Waals surface area contributed by atoms with E-state index >= 15 is 0 Å². The van der Waals surface area contributed by atoms with Crippen LogP contribution < -0.4 is 10.5 Å². The van der Waals surface area contributed by atoms with E-state index in [-0.39, 0.29) is 23.9 Å². The average molecular weight is 482 g/mol. The summed E-state index contributed by atoms with van der Waals surface area (Å²) in [5.74, 6) is -1.26. The fourth-order valence-corrected chi connectivity index (χ4v) is 4.74. The number of amides is 2. The molecule has 2 atom stereocenters. The average Bonchev–Trinajstić information content (AvgIpc) is 3.17. The molecule has 1 heterocycles. The number of carbonyl (C=O) groups excluding carboxylic acids is 2. The molecule has 0 saturated heterocycles. The van der Waals surface area contributed by atoms with E-state index in [2.05, 4.69) is 10.4 Å². The van der Waals surface area contributed by atoms with Crippen LogP contribution in [0.3, 0.4) is 0 Å². The molecule has 1 aliphatic rings. The Kier molecular flexibility index (Phi) is 8.22. The molecule has 2 unspecified atom stereocenters. The Morgan fingerprint density at radius 3 is 2.56 bits per heavy atom. The molecule has 9 nitrogen and oxygen atoms in total. The van der Waals surface area contributed by atoms with Gasteiger partial charge >= 0.3 is 0 Å². The van der Waals surface area contributed by atoms with Gasteiger partial charge in [-0.15, -0.1) is 0 Å². The number of allylic oxidation sites excluding steroid dienone is 6. The van der Waals surface area contributed by atoms with Gasteiger partial charge in [-0.3, -0.25) is 9.59 Å². The summed E-state index contributed by atoms with van der Waals surface area (Å²) in [4.78, 5) is 26.1. The number of primary sulfonamides is 1. The molecule has 3 N–H and O–H groups in total. The van der Waals surface area contributed by atoms with Crippen LogP contribution >= 0.6 is 11.6 Å². The van der Waals surface area contributed by atoms with Crippen LogP contribution in [0.15, 0.2) is 53.0 Å². The normalized spacial score (nSPS) is 19.8. The highest BCUT2D eigenvalue weighted by molar-refractivity contribution is 7.90. The molecular weight excluding hydrogens is 454 g/mol. The topological polar surface area (TPSA) is 127 Å². The lowest BCUT2D eigenvalue weighted by Crippen LogP contribution is -2.42. The number of nitrogens with one attached hydrogen (secondary N) is 1. The van der Waals surface area contributed by atoms with Crippen molar-refractivity contribution in [2.75, 3.05) is 14.1 Å². The number of rotatable bonds is 7. The largest absolute Gasteiger partial charge is 0.345 e. The summed E-state index contributed by atoms with van der Waals surface area (Å²) in [7, 11) is -0.856. The van der Waals surface area contributed by atoms with Crippen molar-refractivity contribution in [2.45, 2.75) is 32.4 Å². The predicted molar refractivity (Wildman–Crippen MR) is 125 cm³/mol. The summed E-state index contributed by atoms with van der Waals surface area (Å²) in [6.45, 7) is 5.22. The highest BCUT2D eigenvalue weighted by atomic mass is 35.5. The Morgan fingerprint density at radius 1 is 1.34 bits per heavy atom. The van der Waals surface area contributed by atoms with Gasteiger partial charge in [0, 0.05) is 43.4 Å². The molecule has 1 aliphatic carbocycles. The van der Waals surface area contributed by atoms with Crippen LogP contribution in [0, 0.1) is 5.92 Å². The van der Waals surface area contributed by atoms with E-state index in [1.807, 2.05) is 6.92 Å². The highest BCUT2D eigenvalue weighted by Gasteiger charge is 2.37. The van der Waals surface area contributed by atoms with Crippen molar-refractivity contribution >= 4 is 39.1 Å². The van der Waals surface area contributed by atoms with Crippen LogP contribution in [-0.4, -0.2) is 54.3 Å². The third kappa shape index (κ3) is 5.96. The number of nitrogens with two attached hydrogens (primary N) is 1. The van der Waals surface area contributed by atoms with Gasteiger partial charge < -0.3 is 10.2 Å². The van der Waals surface area contributed by atoms with Crippen LogP contribution in [0.25, 0.3) is 5.70 Å². The van der Waals surface area contributed by atoms with Gasteiger partial charge in [0.2, 0.25) is 15.9 Å². The maximum atomic E-state index is 12.5. The van der Waals surface area contributed by atoms with Gasteiger partial charge in [0.05, 0.1) is 17.5 Å². The minimum atomic E-state index is -4.07. The molecule has 0 fully saturated rings. The van der Waals surface area contributed by atoms with Gasteiger partial charge in [-0.2, -0.15) is 5.10 Å². The first kappa shape index (κ1) is 25.6. The molecule has 0 aromatic carbocycles. The molecule has 0 aliphatic heterocycles. The zero-order valence-electron chi connectivity index (χ0n) is 18.7. The van der Waals surface area contributed by atoms with Crippen molar-refractivity contribution in [3.63, 3.8) is 0 Å². The quantitative estimate of drug-likeness (QED) is 0.577. The Hall–Kier alpha value is -2.69. The molecular formula is C21H28ClN5O4S. The van der Waals surface area contributed by atoms with Gasteiger partial charge in [0.1, 0.15) is 5.25 Å². The van der Waals surface area contributed by atoms with Crippen molar-refractivity contribution in [3.8, 4) is 0 Å². The van der Waals surface area contributed by atoms with Gasteiger partial charge in [-0.25, -0.2) is 18.2 Å². The number of halogens is 1. The van der Waals surface area contributed by atoms with E-state index in [1.165, 1.54) is 28.1 Å². The maximum Gasteiger partial charge on any atom is 0.256 e. The minimum Gasteiger partial charge on any atom is -0.345 e. The standard InChI is InChI=1S/C21H28ClN5O4S/c1-6-7-16(22)13(2)10-19(28)25-17-8-9-18(20(14(17)3)32(23,30)31)27-12-15(11-24-27)21(29)26(4)5/h6-9,11-12,14,20H,10H2,1-5H3,(H,25,28)(H2,23,30,31)/b7-6-,16-13-. The van der Waals surface area contributed by atoms with Gasteiger partial charge in [0.25, 0.3) is 5.91 Å². The summed E-state index contributed by atoms with van der Waals surface area (Å²) >= 11 is 6.12. The van der Waals surface area contributed by atoms with E-state index in [1.54, 1.807) is 46.2 Å². The molecule has 174 valence electrons. The van der Waals surface area contributed by atoms with Crippen LogP contribution in [0.1, 0.15) is 37.6 Å². The fraction of sp³-hybridized carbons (Fsp3) is 0.381. The smallest absolute Gasteiger partial charge is 0.256 e. The number of aromatic nitrogens is 2. The predicted octanol–water partition coefficient (Wildman–Crippen LogP) is 2.21. The number of carbonyl (C=O) groups is 2. The van der Waals surface area contributed by atoms with Crippen molar-refractivity contribution in [1.29, 1.82) is 0 Å². The molecule has 0 saturated carbocycles. The van der Waals surface area contributed by atoms with Crippen molar-refractivity contribution < 1.29 is 18.0 Å². The zero-order valence-corrected chi connectivity index (χ0v) is 20.2. The first-order valence-electron chi connectivity index (χ1n) is 9.84. The molecule has 11 heteroatoms. The van der Waals surface area contributed by atoms with E-state index in [4.69, 9.17) is 16.7 Å². The summed E-state index contributed by atoms with van der Waals surface area (Å²) < 4.78 is 26.2. The second-order valence-corrected chi connectivity index (χ2v) is 9.83. The summed E-state index contributed by atoms with van der Waals surface area (Å²) in [5.41, 5.74) is 1.67. The third-order valence-electron chi connectivity index (χ3n) is 4.95. The van der Waals surface area contributed by atoms with Crippen LogP contribution in [0.4, 0.5) is 0 Å². The van der Waals surface area contributed by atoms with E-state index < -0.39 is 21.2 Å². The Bertz CT molecular complexity index is 1130. The van der Waals surface area contributed by atoms with Crippen molar-refractivity contribution in [2.24, 2.45) is 11.1 Å². The van der Waals surface area contributed by atoms with Crippen LogP contribution in [-0.2, 0) is 14.8 Å². The lowest BCUT2D eigenvalue weighted by molar-refractivity contribution is -0.119. The summed E-state index contributed by atoms with van der Waals surface area (Å²) in [6, 6.07) is 0. The molecule has 0 bridgehead atoms.